The topological polar surface area (TPSA) is 42.4 Å². The van der Waals surface area contributed by atoms with Gasteiger partial charge in [0.15, 0.2) is 0 Å². The molecule has 0 bridgehead atoms. The molecule has 0 N–H and O–H groups in total. The maximum atomic E-state index is 13.4. The lowest BCUT2D eigenvalue weighted by Crippen LogP contribution is -2.22. The quantitative estimate of drug-likeness (QED) is 0.508. The molecule has 1 aliphatic heterocycles. The van der Waals surface area contributed by atoms with E-state index in [1.807, 2.05) is 83.8 Å². The Morgan fingerprint density at radius 3 is 2.36 bits per heavy atom. The number of carbonyl (C=O) groups is 1. The number of benzene rings is 3. The van der Waals surface area contributed by atoms with Crippen LogP contribution in [0.1, 0.15) is 15.9 Å². The second-order valence-corrected chi connectivity index (χ2v) is 6.79. The summed E-state index contributed by atoms with van der Waals surface area (Å²) in [5.74, 6) is 0.817. The van der Waals surface area contributed by atoms with Gasteiger partial charge in [-0.1, -0.05) is 36.4 Å². The maximum absolute atomic E-state index is 13.4. The van der Waals surface area contributed by atoms with Crippen molar-refractivity contribution in [2.45, 2.75) is 6.54 Å². The van der Waals surface area contributed by atoms with Crippen LogP contribution in [0.3, 0.4) is 0 Å². The van der Waals surface area contributed by atoms with Crippen molar-refractivity contribution in [2.75, 3.05) is 12.0 Å². The van der Waals surface area contributed by atoms with Gasteiger partial charge in [-0.15, -0.1) is 0 Å². The molecule has 1 aliphatic rings. The van der Waals surface area contributed by atoms with Crippen molar-refractivity contribution < 1.29 is 9.53 Å². The molecule has 0 unspecified atom stereocenters. The largest absolute Gasteiger partial charge is 0.497 e. The zero-order chi connectivity index (χ0) is 19.1. The highest BCUT2D eigenvalue weighted by atomic mass is 16.5. The number of nitrogens with zero attached hydrogens (tertiary/aromatic N) is 2. The molecule has 0 saturated heterocycles. The molecule has 1 aromatic heterocycles. The number of aromatic nitrogens is 1. The van der Waals surface area contributed by atoms with E-state index in [-0.39, 0.29) is 5.91 Å². The maximum Gasteiger partial charge on any atom is 0.259 e. The van der Waals surface area contributed by atoms with E-state index in [2.05, 4.69) is 0 Å². The lowest BCUT2D eigenvalue weighted by molar-refractivity contribution is 0.0998. The van der Waals surface area contributed by atoms with E-state index in [1.54, 1.807) is 7.11 Å². The number of fused-ring (bicyclic) bond motifs is 3. The third kappa shape index (κ3) is 2.54. The Kier molecular flexibility index (Phi) is 3.83. The number of ether oxygens (including phenoxy) is 1. The van der Waals surface area contributed by atoms with Gasteiger partial charge in [0.2, 0.25) is 0 Å². The summed E-state index contributed by atoms with van der Waals surface area (Å²) >= 11 is 0. The number of hydrogen-bond acceptors (Lipinski definition) is 3. The predicted octanol–water partition coefficient (Wildman–Crippen LogP) is 5.07. The van der Waals surface area contributed by atoms with E-state index in [4.69, 9.17) is 9.72 Å². The molecule has 0 spiro atoms. The molecular formula is C24H18N2O2. The van der Waals surface area contributed by atoms with Crippen LogP contribution >= 0.6 is 0 Å². The van der Waals surface area contributed by atoms with Crippen LogP contribution in [0, 0.1) is 0 Å². The predicted molar refractivity (Wildman–Crippen MR) is 111 cm³/mol. The van der Waals surface area contributed by atoms with Crippen LogP contribution in [0.2, 0.25) is 0 Å². The van der Waals surface area contributed by atoms with Crippen LogP contribution < -0.4 is 9.64 Å². The van der Waals surface area contributed by atoms with Crippen molar-refractivity contribution in [1.29, 1.82) is 0 Å². The van der Waals surface area contributed by atoms with Gasteiger partial charge >= 0.3 is 0 Å². The molecule has 0 radical (unpaired) electrons. The van der Waals surface area contributed by atoms with Crippen LogP contribution in [-0.4, -0.2) is 18.0 Å². The smallest absolute Gasteiger partial charge is 0.259 e. The van der Waals surface area contributed by atoms with Crippen molar-refractivity contribution in [2.24, 2.45) is 0 Å². The van der Waals surface area contributed by atoms with Crippen LogP contribution in [0.5, 0.6) is 5.75 Å². The number of methoxy groups -OCH3 is 1. The minimum Gasteiger partial charge on any atom is -0.497 e. The van der Waals surface area contributed by atoms with Gasteiger partial charge in [0, 0.05) is 22.2 Å². The summed E-state index contributed by atoms with van der Waals surface area (Å²) < 4.78 is 5.28. The fourth-order valence-electron chi connectivity index (χ4n) is 3.82. The third-order valence-electron chi connectivity index (χ3n) is 5.20. The molecule has 0 atom stereocenters. The van der Waals surface area contributed by atoms with Gasteiger partial charge in [-0.3, -0.25) is 4.79 Å². The second kappa shape index (κ2) is 6.50. The first-order chi connectivity index (χ1) is 13.8. The Morgan fingerprint density at radius 2 is 1.61 bits per heavy atom. The summed E-state index contributed by atoms with van der Waals surface area (Å²) in [5.41, 5.74) is 5.27. The summed E-state index contributed by atoms with van der Waals surface area (Å²) in [6.45, 7) is 0.511. The number of carbonyl (C=O) groups excluding carboxylic acids is 1. The second-order valence-electron chi connectivity index (χ2n) is 6.79. The summed E-state index contributed by atoms with van der Waals surface area (Å²) in [7, 11) is 1.65. The molecule has 0 aliphatic carbocycles. The van der Waals surface area contributed by atoms with Gasteiger partial charge in [-0.25, -0.2) is 4.98 Å². The van der Waals surface area contributed by atoms with Crippen LogP contribution in [-0.2, 0) is 6.54 Å². The fourth-order valence-corrected chi connectivity index (χ4v) is 3.82. The van der Waals surface area contributed by atoms with E-state index in [1.165, 1.54) is 0 Å². The number of hydrogen-bond donors (Lipinski definition) is 0. The normalized spacial score (nSPS) is 13.0. The van der Waals surface area contributed by atoms with Crippen molar-refractivity contribution in [3.63, 3.8) is 0 Å². The highest BCUT2D eigenvalue weighted by Crippen LogP contribution is 2.38. The molecule has 2 heterocycles. The Balaban J connectivity index is 1.73. The van der Waals surface area contributed by atoms with Gasteiger partial charge in [-0.2, -0.15) is 0 Å². The molecule has 3 aromatic carbocycles. The summed E-state index contributed by atoms with van der Waals surface area (Å²) in [6.07, 6.45) is 0. The standard InChI is InChI=1S/C24H18N2O2/c1-28-18-13-11-16(12-14-18)23-20-15-26(17-7-3-2-4-8-17)24(27)22(20)19-9-5-6-10-21(19)25-23/h2-14H,15H2,1H3. The van der Waals surface area contributed by atoms with Crippen molar-refractivity contribution in [1.82, 2.24) is 4.98 Å². The minimum atomic E-state index is 0.0227. The van der Waals surface area contributed by atoms with E-state index >= 15 is 0 Å². The Morgan fingerprint density at radius 1 is 0.893 bits per heavy atom. The van der Waals surface area contributed by atoms with E-state index < -0.39 is 0 Å². The SMILES string of the molecule is COc1ccc(-c2nc3ccccc3c3c2CN(c2ccccc2)C3=O)cc1. The first-order valence-corrected chi connectivity index (χ1v) is 9.19. The van der Waals surface area contributed by atoms with Crippen LogP contribution in [0.15, 0.2) is 78.9 Å². The van der Waals surface area contributed by atoms with Gasteiger partial charge in [0.1, 0.15) is 5.75 Å². The summed E-state index contributed by atoms with van der Waals surface area (Å²) in [5, 5.41) is 0.901. The average molecular weight is 366 g/mol. The number of pyridine rings is 1. The first kappa shape index (κ1) is 16.5. The Labute approximate surface area is 163 Å². The highest BCUT2D eigenvalue weighted by molar-refractivity contribution is 6.18. The van der Waals surface area contributed by atoms with Crippen molar-refractivity contribution >= 4 is 22.5 Å². The van der Waals surface area contributed by atoms with Gasteiger partial charge in [-0.05, 0) is 42.5 Å². The van der Waals surface area contributed by atoms with Crippen molar-refractivity contribution in [3.05, 3.63) is 90.0 Å². The molecule has 4 nitrogen and oxygen atoms in total. The molecule has 1 amide bonds. The fraction of sp³-hybridized carbons (Fsp3) is 0.0833. The number of anilines is 1. The monoisotopic (exact) mass is 366 g/mol. The zero-order valence-corrected chi connectivity index (χ0v) is 15.4. The number of rotatable bonds is 3. The molecule has 28 heavy (non-hydrogen) atoms. The summed E-state index contributed by atoms with van der Waals surface area (Å²) in [4.78, 5) is 20.1. The number of para-hydroxylation sites is 2. The lowest BCUT2D eigenvalue weighted by Gasteiger charge is -2.15. The molecule has 0 saturated carbocycles. The van der Waals surface area contributed by atoms with Crippen LogP contribution in [0.4, 0.5) is 5.69 Å². The first-order valence-electron chi connectivity index (χ1n) is 9.19. The molecule has 136 valence electrons. The molecule has 4 aromatic rings. The molecule has 5 rings (SSSR count). The summed E-state index contributed by atoms with van der Waals surface area (Å²) in [6, 6.07) is 25.5. The Bertz CT molecular complexity index is 1180. The minimum absolute atomic E-state index is 0.0227. The van der Waals surface area contributed by atoms with E-state index in [0.717, 1.165) is 44.7 Å². The van der Waals surface area contributed by atoms with E-state index in [0.29, 0.717) is 6.54 Å². The number of amides is 1. The lowest BCUT2D eigenvalue weighted by atomic mass is 9.98. The van der Waals surface area contributed by atoms with Crippen LogP contribution in [0.25, 0.3) is 22.2 Å². The highest BCUT2D eigenvalue weighted by Gasteiger charge is 2.33. The third-order valence-corrected chi connectivity index (χ3v) is 5.20. The average Bonchev–Trinajstić information content (AvgIpc) is 3.11. The van der Waals surface area contributed by atoms with Gasteiger partial charge in [0.25, 0.3) is 5.91 Å². The van der Waals surface area contributed by atoms with Crippen molar-refractivity contribution in [3.8, 4) is 17.0 Å². The molecular weight excluding hydrogens is 348 g/mol. The van der Waals surface area contributed by atoms with Gasteiger partial charge < -0.3 is 9.64 Å². The molecule has 0 fully saturated rings. The Hall–Kier alpha value is -3.66. The van der Waals surface area contributed by atoms with E-state index in [9.17, 15) is 4.79 Å². The van der Waals surface area contributed by atoms with Gasteiger partial charge in [0.05, 0.1) is 30.4 Å². The zero-order valence-electron chi connectivity index (χ0n) is 15.4. The molecule has 4 heteroatoms.